The monoisotopic (exact) mass is 470 g/mol. The Labute approximate surface area is 183 Å². The van der Waals surface area contributed by atoms with Crippen molar-refractivity contribution in [3.8, 4) is 0 Å². The minimum Gasteiger partial charge on any atom is -0.480 e. The summed E-state index contributed by atoms with van der Waals surface area (Å²) < 4.78 is 24.5. The molecule has 170 valence electrons. The third-order valence-electron chi connectivity index (χ3n) is 3.39. The van der Waals surface area contributed by atoms with E-state index < -0.39 is 25.5 Å². The molecular formula is C18H35N2O6PS2. The topological polar surface area (TPSA) is 114 Å². The molecule has 1 amide bonds. The highest BCUT2D eigenvalue weighted by atomic mass is 32.2. The van der Waals surface area contributed by atoms with Crippen LogP contribution in [0.3, 0.4) is 0 Å². The number of carboxylic acids is 1. The summed E-state index contributed by atoms with van der Waals surface area (Å²) in [4.78, 5) is 22.1. The molecule has 1 atom stereocenters. The van der Waals surface area contributed by atoms with E-state index in [1.54, 1.807) is 0 Å². The molecule has 0 heterocycles. The van der Waals surface area contributed by atoms with E-state index in [2.05, 4.69) is 10.6 Å². The van der Waals surface area contributed by atoms with Crippen molar-refractivity contribution in [3.63, 3.8) is 0 Å². The van der Waals surface area contributed by atoms with Gasteiger partial charge in [0.05, 0.1) is 19.4 Å². The fourth-order valence-corrected chi connectivity index (χ4v) is 4.99. The Morgan fingerprint density at radius 2 is 1.66 bits per heavy atom. The van der Waals surface area contributed by atoms with E-state index in [9.17, 15) is 14.2 Å². The van der Waals surface area contributed by atoms with Gasteiger partial charge >= 0.3 is 13.6 Å². The summed E-state index contributed by atoms with van der Waals surface area (Å²) in [7, 11) is -3.11. The minimum atomic E-state index is -3.11. The number of carbonyl (C=O) groups is 2. The zero-order chi connectivity index (χ0) is 22.4. The van der Waals surface area contributed by atoms with E-state index in [0.29, 0.717) is 36.7 Å². The van der Waals surface area contributed by atoms with Crippen molar-refractivity contribution in [1.82, 2.24) is 10.6 Å². The molecular weight excluding hydrogens is 435 g/mol. The van der Waals surface area contributed by atoms with Crippen LogP contribution in [0.5, 0.6) is 0 Å². The molecule has 0 bridgehead atoms. The number of carbonyl (C=O) groups excluding carboxylic acids is 1. The van der Waals surface area contributed by atoms with Crippen LogP contribution in [0.1, 0.15) is 47.5 Å². The van der Waals surface area contributed by atoms with Gasteiger partial charge in [-0.3, -0.25) is 9.36 Å². The van der Waals surface area contributed by atoms with Gasteiger partial charge in [0.25, 0.3) is 0 Å². The van der Waals surface area contributed by atoms with Gasteiger partial charge in [-0.05, 0) is 24.7 Å². The lowest BCUT2D eigenvalue weighted by Gasteiger charge is -2.21. The van der Waals surface area contributed by atoms with Crippen LogP contribution in [0.4, 0.5) is 0 Å². The number of unbranched alkanes of at least 4 members (excludes halogenated alkanes) is 1. The summed E-state index contributed by atoms with van der Waals surface area (Å²) in [5.74, 6) is -0.819. The van der Waals surface area contributed by atoms with Crippen molar-refractivity contribution in [1.29, 1.82) is 0 Å². The molecule has 0 fully saturated rings. The molecule has 0 aromatic heterocycles. The number of hydrogen-bond acceptors (Lipinski definition) is 7. The van der Waals surface area contributed by atoms with Crippen LogP contribution in [0.2, 0.25) is 0 Å². The van der Waals surface area contributed by atoms with Crippen LogP contribution < -0.4 is 10.6 Å². The van der Waals surface area contributed by atoms with E-state index >= 15 is 0 Å². The van der Waals surface area contributed by atoms with Crippen molar-refractivity contribution in [3.05, 3.63) is 0 Å². The predicted molar refractivity (Wildman–Crippen MR) is 122 cm³/mol. The standard InChI is InChI=1S/C18H35N2O6PS2/c1-13(2)10-25-27(24,26-11-14(3)4)9-7-6-8-19-18(28)29-12-16(17(22)23)20-15(5)21/h13-14,16H,6-12H2,1-5H3,(H,19,28)(H,20,21)(H,22,23)/t16-/m0/s1. The molecule has 0 aliphatic rings. The average molecular weight is 471 g/mol. The Bertz CT molecular complexity index is 559. The quantitative estimate of drug-likeness (QED) is 0.188. The minimum absolute atomic E-state index is 0.141. The van der Waals surface area contributed by atoms with E-state index in [1.165, 1.54) is 6.92 Å². The van der Waals surface area contributed by atoms with Crippen LogP contribution >= 0.6 is 31.6 Å². The fourth-order valence-electron chi connectivity index (χ4n) is 1.94. The lowest BCUT2D eigenvalue weighted by atomic mass is 10.2. The highest BCUT2D eigenvalue weighted by Gasteiger charge is 2.25. The van der Waals surface area contributed by atoms with Gasteiger partial charge in [0, 0.05) is 19.2 Å². The molecule has 0 saturated heterocycles. The number of hydrogen-bond donors (Lipinski definition) is 3. The largest absolute Gasteiger partial charge is 0.480 e. The van der Waals surface area contributed by atoms with Crippen LogP contribution in [0.15, 0.2) is 0 Å². The average Bonchev–Trinajstić information content (AvgIpc) is 2.61. The Morgan fingerprint density at radius 1 is 1.10 bits per heavy atom. The zero-order valence-corrected chi connectivity index (χ0v) is 20.5. The molecule has 0 aromatic carbocycles. The van der Waals surface area contributed by atoms with E-state index in [4.69, 9.17) is 26.4 Å². The van der Waals surface area contributed by atoms with Crippen LogP contribution in [-0.4, -0.2) is 59.0 Å². The first-order chi connectivity index (χ1) is 13.4. The maximum atomic E-state index is 12.9. The number of nitrogens with one attached hydrogen (secondary N) is 2. The number of thioether (sulfide) groups is 1. The number of rotatable bonds is 15. The summed E-state index contributed by atoms with van der Waals surface area (Å²) in [5.41, 5.74) is 0. The van der Waals surface area contributed by atoms with Gasteiger partial charge < -0.3 is 24.8 Å². The van der Waals surface area contributed by atoms with Crippen molar-refractivity contribution < 1.29 is 28.3 Å². The first kappa shape index (κ1) is 28.3. The van der Waals surface area contributed by atoms with E-state index in [-0.39, 0.29) is 17.6 Å². The molecule has 8 nitrogen and oxygen atoms in total. The number of carboxylic acid groups (broad SMARTS) is 1. The molecule has 0 rings (SSSR count). The third-order valence-corrected chi connectivity index (χ3v) is 6.75. The number of thiocarbonyl (C=S) groups is 1. The summed E-state index contributed by atoms with van der Waals surface area (Å²) >= 11 is 6.34. The molecule has 0 aliphatic heterocycles. The summed E-state index contributed by atoms with van der Waals surface area (Å²) in [6.45, 7) is 10.6. The van der Waals surface area contributed by atoms with Crippen molar-refractivity contribution in [2.24, 2.45) is 11.8 Å². The van der Waals surface area contributed by atoms with Crippen molar-refractivity contribution in [2.45, 2.75) is 53.5 Å². The van der Waals surface area contributed by atoms with Crippen LogP contribution in [0, 0.1) is 11.8 Å². The van der Waals surface area contributed by atoms with Crippen molar-refractivity contribution >= 4 is 47.8 Å². The molecule has 0 aliphatic carbocycles. The maximum absolute atomic E-state index is 12.9. The molecule has 11 heteroatoms. The first-order valence-electron chi connectivity index (χ1n) is 9.74. The fraction of sp³-hybridized carbons (Fsp3) is 0.833. The van der Waals surface area contributed by atoms with Gasteiger partial charge in [0.1, 0.15) is 10.4 Å². The maximum Gasteiger partial charge on any atom is 0.330 e. The Kier molecular flexibility index (Phi) is 14.8. The first-order valence-corrected chi connectivity index (χ1v) is 12.9. The van der Waals surface area contributed by atoms with Gasteiger partial charge in [0.2, 0.25) is 5.91 Å². The van der Waals surface area contributed by atoms with Gasteiger partial charge in [0.15, 0.2) is 0 Å². The second-order valence-electron chi connectivity index (χ2n) is 7.54. The van der Waals surface area contributed by atoms with Crippen molar-refractivity contribution in [2.75, 3.05) is 31.7 Å². The Hall–Kier alpha value is -0.670. The normalized spacial score (nSPS) is 12.8. The number of amides is 1. The molecule has 29 heavy (non-hydrogen) atoms. The molecule has 0 spiro atoms. The van der Waals surface area contributed by atoms with Gasteiger partial charge in [-0.15, -0.1) is 0 Å². The molecule has 0 saturated carbocycles. The molecule has 0 unspecified atom stereocenters. The van der Waals surface area contributed by atoms with Crippen LogP contribution in [0.25, 0.3) is 0 Å². The molecule has 0 aromatic rings. The highest BCUT2D eigenvalue weighted by Crippen LogP contribution is 2.49. The summed E-state index contributed by atoms with van der Waals surface area (Å²) in [5, 5.41) is 14.5. The lowest BCUT2D eigenvalue weighted by molar-refractivity contribution is -0.140. The molecule has 3 N–H and O–H groups in total. The second-order valence-corrected chi connectivity index (χ2v) is 11.4. The second kappa shape index (κ2) is 15.2. The lowest BCUT2D eigenvalue weighted by Crippen LogP contribution is -2.42. The summed E-state index contributed by atoms with van der Waals surface area (Å²) in [6.07, 6.45) is 1.71. The number of aliphatic carboxylic acids is 1. The Balaban J connectivity index is 4.24. The van der Waals surface area contributed by atoms with E-state index in [1.807, 2.05) is 27.7 Å². The van der Waals surface area contributed by atoms with Crippen LogP contribution in [-0.2, 0) is 23.2 Å². The smallest absolute Gasteiger partial charge is 0.330 e. The Morgan fingerprint density at radius 3 is 2.10 bits per heavy atom. The highest BCUT2D eigenvalue weighted by molar-refractivity contribution is 8.23. The molecule has 0 radical (unpaired) electrons. The predicted octanol–water partition coefficient (Wildman–Crippen LogP) is 3.50. The third kappa shape index (κ3) is 15.8. The van der Waals surface area contributed by atoms with Gasteiger partial charge in [-0.25, -0.2) is 4.79 Å². The SMILES string of the molecule is CC(=O)N[C@@H](CSC(=S)NCCCCP(=O)(OCC(C)C)OCC(C)C)C(=O)O. The van der Waals surface area contributed by atoms with Gasteiger partial charge in [-0.2, -0.15) is 0 Å². The van der Waals surface area contributed by atoms with Gasteiger partial charge in [-0.1, -0.05) is 51.7 Å². The van der Waals surface area contributed by atoms with E-state index in [0.717, 1.165) is 18.2 Å². The zero-order valence-electron chi connectivity index (χ0n) is 17.9. The summed E-state index contributed by atoms with van der Waals surface area (Å²) in [6, 6.07) is -0.987.